The zero-order chi connectivity index (χ0) is 29.4. The van der Waals surface area contributed by atoms with E-state index in [0.717, 1.165) is 41.9 Å². The number of carbonyl (C=O) groups excluding carboxylic acids is 2. The van der Waals surface area contributed by atoms with E-state index in [0.29, 0.717) is 36.1 Å². The van der Waals surface area contributed by atoms with Crippen LogP contribution in [0, 0.1) is 24.6 Å². The van der Waals surface area contributed by atoms with E-state index in [1.165, 1.54) is 4.90 Å². The Labute approximate surface area is 235 Å². The number of alkyl halides is 3. The molecule has 2 aromatic carbocycles. The summed E-state index contributed by atoms with van der Waals surface area (Å²) in [7, 11) is 3.40. The molecule has 0 spiro atoms. The lowest BCUT2D eigenvalue weighted by molar-refractivity contribution is -0.262. The molecule has 1 aliphatic heterocycles. The van der Waals surface area contributed by atoms with Gasteiger partial charge < -0.3 is 19.6 Å². The maximum Gasteiger partial charge on any atom is 0.430 e. The fraction of sp³-hybridized carbons (Fsp3) is 0.517. The van der Waals surface area contributed by atoms with Crippen molar-refractivity contribution in [1.82, 2.24) is 9.80 Å². The topological polar surface area (TPSA) is 70.1 Å². The molecule has 0 radical (unpaired) electrons. The van der Waals surface area contributed by atoms with E-state index < -0.39 is 29.1 Å². The molecule has 0 aromatic heterocycles. The molecule has 1 saturated heterocycles. The van der Waals surface area contributed by atoms with E-state index in [2.05, 4.69) is 0 Å². The van der Waals surface area contributed by atoms with Crippen LogP contribution in [0.2, 0.25) is 5.02 Å². The molecule has 2 aliphatic rings. The SMILES string of the molecule is Cc1cc(O[C@H]2C[C@@H](CC3CCN(C(=O)C(O)(c4cc(F)cc(Cl)c4)C(F)(F)F)CC3)C2)ccc1C(=O)N(C)C. The van der Waals surface area contributed by atoms with E-state index in [1.54, 1.807) is 26.2 Å². The number of carbonyl (C=O) groups is 2. The first-order chi connectivity index (χ1) is 18.7. The molecule has 2 aromatic rings. The van der Waals surface area contributed by atoms with Crippen molar-refractivity contribution in [1.29, 1.82) is 0 Å². The fourth-order valence-corrected chi connectivity index (χ4v) is 5.81. The minimum absolute atomic E-state index is 0.0568. The second kappa shape index (κ2) is 11.6. The molecule has 11 heteroatoms. The van der Waals surface area contributed by atoms with E-state index >= 15 is 0 Å². The summed E-state index contributed by atoms with van der Waals surface area (Å²) in [6.07, 6.45) is -1.71. The van der Waals surface area contributed by atoms with Crippen LogP contribution in [-0.2, 0) is 10.4 Å². The standard InChI is InChI=1S/C29H33ClF4N2O4/c1-17-10-23(4-5-25(17)26(37)35(2)3)40-24-12-19(13-24)11-18-6-8-36(9-7-18)27(38)28(39,29(32,33)34)20-14-21(30)16-22(31)15-20/h4-5,10,14-16,18-19,24,39H,6-9,11-13H2,1-3H3/t19-,24+,28?. The minimum Gasteiger partial charge on any atom is -0.490 e. The summed E-state index contributed by atoms with van der Waals surface area (Å²) in [4.78, 5) is 27.7. The van der Waals surface area contributed by atoms with Crippen molar-refractivity contribution in [2.45, 2.75) is 56.9 Å². The number of ether oxygens (including phenoxy) is 1. The van der Waals surface area contributed by atoms with Gasteiger partial charge in [0.05, 0.1) is 6.10 Å². The summed E-state index contributed by atoms with van der Waals surface area (Å²) in [5, 5.41) is 10.3. The molecule has 218 valence electrons. The molecular weight excluding hydrogens is 552 g/mol. The Morgan fingerprint density at radius 3 is 2.27 bits per heavy atom. The Morgan fingerprint density at radius 1 is 1.07 bits per heavy atom. The van der Waals surface area contributed by atoms with Gasteiger partial charge in [-0.25, -0.2) is 4.39 Å². The average molecular weight is 585 g/mol. The van der Waals surface area contributed by atoms with Crippen LogP contribution in [0.4, 0.5) is 17.6 Å². The minimum atomic E-state index is -5.36. The van der Waals surface area contributed by atoms with Crippen LogP contribution in [0.3, 0.4) is 0 Å². The van der Waals surface area contributed by atoms with Crippen LogP contribution >= 0.6 is 11.6 Å². The van der Waals surface area contributed by atoms with Crippen LogP contribution in [0.1, 0.15) is 53.6 Å². The second-order valence-corrected chi connectivity index (χ2v) is 11.5. The molecule has 4 rings (SSSR count). The van der Waals surface area contributed by atoms with E-state index in [9.17, 15) is 32.3 Å². The van der Waals surface area contributed by atoms with Gasteiger partial charge in [0.2, 0.25) is 0 Å². The number of rotatable bonds is 7. The summed E-state index contributed by atoms with van der Waals surface area (Å²) < 4.78 is 61.8. The molecule has 0 bridgehead atoms. The zero-order valence-electron chi connectivity index (χ0n) is 22.6. The third-order valence-corrected chi connectivity index (χ3v) is 8.12. The summed E-state index contributed by atoms with van der Waals surface area (Å²) in [5.74, 6) is -1.32. The van der Waals surface area contributed by atoms with Gasteiger partial charge in [-0.3, -0.25) is 9.59 Å². The van der Waals surface area contributed by atoms with Crippen LogP contribution in [-0.4, -0.2) is 66.2 Å². The number of hydrogen-bond donors (Lipinski definition) is 1. The number of benzene rings is 2. The monoisotopic (exact) mass is 584 g/mol. The first-order valence-electron chi connectivity index (χ1n) is 13.2. The number of nitrogens with zero attached hydrogens (tertiary/aromatic N) is 2. The number of aliphatic hydroxyl groups is 1. The molecule has 2 amide bonds. The number of piperidine rings is 1. The Kier molecular flexibility index (Phi) is 8.71. The Morgan fingerprint density at radius 2 is 1.73 bits per heavy atom. The van der Waals surface area contributed by atoms with Gasteiger partial charge >= 0.3 is 6.18 Å². The number of halogens is 5. The van der Waals surface area contributed by atoms with Crippen LogP contribution in [0.25, 0.3) is 0 Å². The highest BCUT2D eigenvalue weighted by Crippen LogP contribution is 2.43. The van der Waals surface area contributed by atoms with Gasteiger partial charge in [0.25, 0.3) is 17.4 Å². The first-order valence-corrected chi connectivity index (χ1v) is 13.6. The summed E-state index contributed by atoms with van der Waals surface area (Å²) >= 11 is 5.71. The van der Waals surface area contributed by atoms with Crippen molar-refractivity contribution >= 4 is 23.4 Å². The quantitative estimate of drug-likeness (QED) is 0.422. The smallest absolute Gasteiger partial charge is 0.430 e. The summed E-state index contributed by atoms with van der Waals surface area (Å²) in [6.45, 7) is 2.00. The third-order valence-electron chi connectivity index (χ3n) is 7.90. The van der Waals surface area contributed by atoms with Gasteiger partial charge in [0.1, 0.15) is 11.6 Å². The molecule has 1 N–H and O–H groups in total. The maximum absolute atomic E-state index is 14.0. The van der Waals surface area contributed by atoms with E-state index in [-0.39, 0.29) is 36.0 Å². The summed E-state index contributed by atoms with van der Waals surface area (Å²) in [5.41, 5.74) is -3.36. The lowest BCUT2D eigenvalue weighted by Crippen LogP contribution is -2.57. The molecule has 2 fully saturated rings. The number of aryl methyl sites for hydroxylation is 1. The maximum atomic E-state index is 14.0. The molecule has 1 heterocycles. The van der Waals surface area contributed by atoms with Crippen molar-refractivity contribution in [3.8, 4) is 5.75 Å². The molecule has 1 atom stereocenters. The predicted octanol–water partition coefficient (Wildman–Crippen LogP) is 5.73. The van der Waals surface area contributed by atoms with Gasteiger partial charge in [-0.2, -0.15) is 13.2 Å². The van der Waals surface area contributed by atoms with Crippen molar-refractivity contribution < 1.29 is 37.0 Å². The van der Waals surface area contributed by atoms with Gasteiger partial charge in [0, 0.05) is 43.3 Å². The highest BCUT2D eigenvalue weighted by atomic mass is 35.5. The van der Waals surface area contributed by atoms with Crippen LogP contribution in [0.5, 0.6) is 5.75 Å². The largest absolute Gasteiger partial charge is 0.490 e. The fourth-order valence-electron chi connectivity index (χ4n) is 5.59. The van der Waals surface area contributed by atoms with Gasteiger partial charge in [-0.05, 0) is 92.8 Å². The third kappa shape index (κ3) is 6.22. The van der Waals surface area contributed by atoms with Crippen molar-refractivity contribution in [3.63, 3.8) is 0 Å². The van der Waals surface area contributed by atoms with Gasteiger partial charge in [-0.1, -0.05) is 11.6 Å². The van der Waals surface area contributed by atoms with Crippen molar-refractivity contribution in [2.75, 3.05) is 27.2 Å². The Bertz CT molecular complexity index is 1240. The predicted molar refractivity (Wildman–Crippen MR) is 142 cm³/mol. The highest BCUT2D eigenvalue weighted by Gasteiger charge is 2.62. The average Bonchev–Trinajstić information content (AvgIpc) is 2.85. The molecular formula is C29H33ClF4N2O4. The van der Waals surface area contributed by atoms with E-state index in [1.807, 2.05) is 13.0 Å². The van der Waals surface area contributed by atoms with Crippen LogP contribution < -0.4 is 4.74 Å². The molecule has 40 heavy (non-hydrogen) atoms. The highest BCUT2D eigenvalue weighted by molar-refractivity contribution is 6.30. The van der Waals surface area contributed by atoms with Crippen molar-refractivity contribution in [3.05, 3.63) is 63.9 Å². The summed E-state index contributed by atoms with van der Waals surface area (Å²) in [6, 6.07) is 7.47. The Balaban J connectivity index is 1.28. The molecule has 1 unspecified atom stereocenters. The molecule has 6 nitrogen and oxygen atoms in total. The second-order valence-electron chi connectivity index (χ2n) is 11.1. The molecule has 1 aliphatic carbocycles. The van der Waals surface area contributed by atoms with Crippen LogP contribution in [0.15, 0.2) is 36.4 Å². The number of likely N-dealkylation sites (tertiary alicyclic amines) is 1. The molecule has 1 saturated carbocycles. The van der Waals surface area contributed by atoms with E-state index in [4.69, 9.17) is 16.3 Å². The van der Waals surface area contributed by atoms with Gasteiger partial charge in [-0.15, -0.1) is 0 Å². The zero-order valence-corrected chi connectivity index (χ0v) is 23.4. The first kappa shape index (κ1) is 30.1. The normalized spacial score (nSPS) is 21.4. The lowest BCUT2D eigenvalue weighted by Gasteiger charge is -2.41. The van der Waals surface area contributed by atoms with Gasteiger partial charge in [0.15, 0.2) is 0 Å². The van der Waals surface area contributed by atoms with Crippen molar-refractivity contribution in [2.24, 2.45) is 11.8 Å². The number of amides is 2. The Hall–Kier alpha value is -2.85. The lowest BCUT2D eigenvalue weighted by atomic mass is 9.74. The number of hydrogen-bond acceptors (Lipinski definition) is 4.